The Hall–Kier alpha value is -0.120. The van der Waals surface area contributed by atoms with Crippen LogP contribution in [0.15, 0.2) is 0 Å². The molecule has 1 N–H and O–H groups in total. The van der Waals surface area contributed by atoms with E-state index in [2.05, 4.69) is 42.8 Å². The molecule has 0 aromatic carbocycles. The van der Waals surface area contributed by atoms with Gasteiger partial charge in [0.1, 0.15) is 0 Å². The lowest BCUT2D eigenvalue weighted by atomic mass is 10.0. The molecule has 1 rings (SSSR count). The van der Waals surface area contributed by atoms with Crippen LogP contribution in [-0.4, -0.2) is 61.7 Å². The zero-order chi connectivity index (χ0) is 12.7. The highest BCUT2D eigenvalue weighted by Gasteiger charge is 2.23. The van der Waals surface area contributed by atoms with Crippen molar-refractivity contribution in [3.05, 3.63) is 0 Å². The fraction of sp³-hybridized carbons (Fsp3) is 1.00. The Balaban J connectivity index is 2.27. The summed E-state index contributed by atoms with van der Waals surface area (Å²) in [5, 5.41) is 3.46. The molecule has 0 saturated carbocycles. The van der Waals surface area contributed by atoms with Crippen LogP contribution in [-0.2, 0) is 0 Å². The van der Waals surface area contributed by atoms with Gasteiger partial charge in [-0.05, 0) is 38.9 Å². The molecule has 1 aliphatic heterocycles. The summed E-state index contributed by atoms with van der Waals surface area (Å²) in [6, 6.07) is 0.706. The van der Waals surface area contributed by atoms with Crippen molar-refractivity contribution in [3.8, 4) is 0 Å². The highest BCUT2D eigenvalue weighted by Crippen LogP contribution is 2.13. The third kappa shape index (κ3) is 4.94. The predicted molar refractivity (Wildman–Crippen MR) is 75.5 cm³/mol. The van der Waals surface area contributed by atoms with E-state index in [-0.39, 0.29) is 0 Å². The van der Waals surface area contributed by atoms with E-state index in [0.29, 0.717) is 6.04 Å². The molecular formula is C14H31N3. The van der Waals surface area contributed by atoms with E-state index in [9.17, 15) is 0 Å². The SMILES string of the molecule is CCCN1CCN(C(C)C(C)CNCC)CC1. The maximum Gasteiger partial charge on any atom is 0.0113 e. The van der Waals surface area contributed by atoms with Gasteiger partial charge < -0.3 is 10.2 Å². The van der Waals surface area contributed by atoms with Gasteiger partial charge in [0.15, 0.2) is 0 Å². The Morgan fingerprint density at radius 2 is 1.71 bits per heavy atom. The molecule has 102 valence electrons. The summed E-state index contributed by atoms with van der Waals surface area (Å²) in [5.41, 5.74) is 0. The summed E-state index contributed by atoms with van der Waals surface area (Å²) >= 11 is 0. The molecule has 1 fully saturated rings. The van der Waals surface area contributed by atoms with Crippen molar-refractivity contribution in [3.63, 3.8) is 0 Å². The number of nitrogens with zero attached hydrogens (tertiary/aromatic N) is 2. The molecule has 3 nitrogen and oxygen atoms in total. The standard InChI is InChI=1S/C14H31N3/c1-5-7-16-8-10-17(11-9-16)14(4)13(3)12-15-6-2/h13-15H,5-12H2,1-4H3. The van der Waals surface area contributed by atoms with Crippen molar-refractivity contribution in [2.24, 2.45) is 5.92 Å². The molecule has 0 spiro atoms. The molecule has 0 aromatic rings. The van der Waals surface area contributed by atoms with Gasteiger partial charge in [0, 0.05) is 32.2 Å². The first-order valence-corrected chi connectivity index (χ1v) is 7.36. The summed E-state index contributed by atoms with van der Waals surface area (Å²) < 4.78 is 0. The van der Waals surface area contributed by atoms with Gasteiger partial charge in [0.25, 0.3) is 0 Å². The largest absolute Gasteiger partial charge is 0.317 e. The molecular weight excluding hydrogens is 210 g/mol. The Morgan fingerprint density at radius 1 is 1.06 bits per heavy atom. The van der Waals surface area contributed by atoms with Crippen LogP contribution in [0, 0.1) is 5.92 Å². The Morgan fingerprint density at radius 3 is 2.24 bits per heavy atom. The van der Waals surface area contributed by atoms with Gasteiger partial charge in [-0.3, -0.25) is 4.90 Å². The Labute approximate surface area is 108 Å². The highest BCUT2D eigenvalue weighted by molar-refractivity contribution is 4.79. The van der Waals surface area contributed by atoms with Crippen LogP contribution in [0.4, 0.5) is 0 Å². The minimum absolute atomic E-state index is 0.706. The maximum atomic E-state index is 3.46. The Kier molecular flexibility index (Phi) is 7.09. The van der Waals surface area contributed by atoms with E-state index in [1.165, 1.54) is 39.1 Å². The third-order valence-corrected chi connectivity index (χ3v) is 4.06. The molecule has 0 aliphatic carbocycles. The molecule has 0 radical (unpaired) electrons. The van der Waals surface area contributed by atoms with Crippen molar-refractivity contribution in [2.45, 2.75) is 40.2 Å². The molecule has 3 heteroatoms. The lowest BCUT2D eigenvalue weighted by Gasteiger charge is -2.40. The van der Waals surface area contributed by atoms with Crippen molar-refractivity contribution >= 4 is 0 Å². The summed E-state index contributed by atoms with van der Waals surface area (Å²) in [6.07, 6.45) is 1.28. The monoisotopic (exact) mass is 241 g/mol. The molecule has 0 bridgehead atoms. The molecule has 0 amide bonds. The number of hydrogen-bond acceptors (Lipinski definition) is 3. The number of nitrogens with one attached hydrogen (secondary N) is 1. The highest BCUT2D eigenvalue weighted by atomic mass is 15.3. The maximum absolute atomic E-state index is 3.46. The lowest BCUT2D eigenvalue weighted by molar-refractivity contribution is 0.0807. The van der Waals surface area contributed by atoms with Gasteiger partial charge in [0.2, 0.25) is 0 Å². The second-order valence-corrected chi connectivity index (χ2v) is 5.40. The number of piperazine rings is 1. The lowest BCUT2D eigenvalue weighted by Crippen LogP contribution is -2.52. The summed E-state index contributed by atoms with van der Waals surface area (Å²) in [6.45, 7) is 17.7. The van der Waals surface area contributed by atoms with E-state index in [0.717, 1.165) is 19.0 Å². The van der Waals surface area contributed by atoms with Crippen molar-refractivity contribution < 1.29 is 0 Å². The molecule has 17 heavy (non-hydrogen) atoms. The van der Waals surface area contributed by atoms with E-state index in [1.54, 1.807) is 0 Å². The van der Waals surface area contributed by atoms with Crippen LogP contribution >= 0.6 is 0 Å². The first-order chi connectivity index (χ1) is 8.19. The van der Waals surface area contributed by atoms with Crippen molar-refractivity contribution in [2.75, 3.05) is 45.8 Å². The van der Waals surface area contributed by atoms with Crippen LogP contribution < -0.4 is 5.32 Å². The second-order valence-electron chi connectivity index (χ2n) is 5.40. The first-order valence-electron chi connectivity index (χ1n) is 7.36. The molecule has 2 atom stereocenters. The zero-order valence-corrected chi connectivity index (χ0v) is 12.2. The van der Waals surface area contributed by atoms with Crippen LogP contribution in [0.1, 0.15) is 34.1 Å². The third-order valence-electron chi connectivity index (χ3n) is 4.06. The van der Waals surface area contributed by atoms with Crippen LogP contribution in [0.25, 0.3) is 0 Å². The van der Waals surface area contributed by atoms with Gasteiger partial charge in [-0.25, -0.2) is 0 Å². The van der Waals surface area contributed by atoms with E-state index in [4.69, 9.17) is 0 Å². The molecule has 1 saturated heterocycles. The van der Waals surface area contributed by atoms with Crippen molar-refractivity contribution in [1.82, 2.24) is 15.1 Å². The van der Waals surface area contributed by atoms with Crippen LogP contribution in [0.5, 0.6) is 0 Å². The molecule has 0 aromatic heterocycles. The molecule has 1 heterocycles. The van der Waals surface area contributed by atoms with Gasteiger partial charge in [0.05, 0.1) is 0 Å². The fourth-order valence-corrected chi connectivity index (χ4v) is 2.61. The topological polar surface area (TPSA) is 18.5 Å². The summed E-state index contributed by atoms with van der Waals surface area (Å²) in [7, 11) is 0. The zero-order valence-electron chi connectivity index (χ0n) is 12.2. The smallest absolute Gasteiger partial charge is 0.0113 e. The number of hydrogen-bond donors (Lipinski definition) is 1. The molecule has 1 aliphatic rings. The quantitative estimate of drug-likeness (QED) is 0.731. The van der Waals surface area contributed by atoms with Gasteiger partial charge in [-0.1, -0.05) is 20.8 Å². The number of rotatable bonds is 7. The van der Waals surface area contributed by atoms with E-state index in [1.807, 2.05) is 0 Å². The summed E-state index contributed by atoms with van der Waals surface area (Å²) in [5.74, 6) is 0.743. The van der Waals surface area contributed by atoms with Gasteiger partial charge in [-0.15, -0.1) is 0 Å². The average molecular weight is 241 g/mol. The normalized spacial score (nSPS) is 22.6. The Bertz CT molecular complexity index is 188. The van der Waals surface area contributed by atoms with Gasteiger partial charge >= 0.3 is 0 Å². The second kappa shape index (κ2) is 8.06. The predicted octanol–water partition coefficient (Wildman–Crippen LogP) is 1.65. The van der Waals surface area contributed by atoms with Gasteiger partial charge in [-0.2, -0.15) is 0 Å². The van der Waals surface area contributed by atoms with E-state index >= 15 is 0 Å². The molecule has 2 unspecified atom stereocenters. The van der Waals surface area contributed by atoms with Crippen LogP contribution in [0.2, 0.25) is 0 Å². The minimum atomic E-state index is 0.706. The van der Waals surface area contributed by atoms with E-state index < -0.39 is 0 Å². The fourth-order valence-electron chi connectivity index (χ4n) is 2.61. The van der Waals surface area contributed by atoms with Crippen LogP contribution in [0.3, 0.4) is 0 Å². The first kappa shape index (κ1) is 14.9. The minimum Gasteiger partial charge on any atom is -0.317 e. The van der Waals surface area contributed by atoms with Crippen molar-refractivity contribution in [1.29, 1.82) is 0 Å². The average Bonchev–Trinajstić information content (AvgIpc) is 2.36. The summed E-state index contributed by atoms with van der Waals surface area (Å²) in [4.78, 5) is 5.26.